The molecule has 0 aliphatic carbocycles. The van der Waals surface area contributed by atoms with Crippen LogP contribution in [0.25, 0.3) is 11.0 Å². The maximum Gasteiger partial charge on any atom is 0.137 e. The van der Waals surface area contributed by atoms with E-state index in [9.17, 15) is 5.11 Å². The monoisotopic (exact) mass is 218 g/mol. The summed E-state index contributed by atoms with van der Waals surface area (Å²) in [5.74, 6) is 0.837. The van der Waals surface area contributed by atoms with Crippen LogP contribution in [0.15, 0.2) is 22.6 Å². The van der Waals surface area contributed by atoms with Crippen LogP contribution < -0.4 is 0 Å². The van der Waals surface area contributed by atoms with Crippen molar-refractivity contribution in [2.24, 2.45) is 5.92 Å². The first-order chi connectivity index (χ1) is 7.50. The number of rotatable bonds is 2. The van der Waals surface area contributed by atoms with Gasteiger partial charge in [0.1, 0.15) is 17.4 Å². The van der Waals surface area contributed by atoms with Gasteiger partial charge in [-0.1, -0.05) is 26.0 Å². The third-order valence-corrected chi connectivity index (χ3v) is 3.04. The Labute approximate surface area is 95.9 Å². The number of furan rings is 1. The summed E-state index contributed by atoms with van der Waals surface area (Å²) in [5, 5.41) is 11.1. The van der Waals surface area contributed by atoms with E-state index in [1.807, 2.05) is 32.9 Å². The van der Waals surface area contributed by atoms with Crippen molar-refractivity contribution in [1.82, 2.24) is 0 Å². The second-order valence-electron chi connectivity index (χ2n) is 4.78. The number of aryl methyl sites for hydroxylation is 2. The van der Waals surface area contributed by atoms with Crippen LogP contribution >= 0.6 is 0 Å². The van der Waals surface area contributed by atoms with E-state index in [4.69, 9.17) is 4.42 Å². The third-order valence-electron chi connectivity index (χ3n) is 3.04. The number of fused-ring (bicyclic) bond motifs is 1. The summed E-state index contributed by atoms with van der Waals surface area (Å²) in [6, 6.07) is 6.09. The average molecular weight is 218 g/mol. The van der Waals surface area contributed by atoms with Gasteiger partial charge in [0, 0.05) is 5.39 Å². The molecule has 0 aliphatic heterocycles. The van der Waals surface area contributed by atoms with Crippen molar-refractivity contribution in [3.05, 3.63) is 35.1 Å². The first-order valence-corrected chi connectivity index (χ1v) is 5.68. The van der Waals surface area contributed by atoms with Crippen molar-refractivity contribution in [2.45, 2.75) is 33.8 Å². The van der Waals surface area contributed by atoms with Crippen molar-refractivity contribution in [3.8, 4) is 0 Å². The Hall–Kier alpha value is -1.28. The first-order valence-electron chi connectivity index (χ1n) is 5.68. The van der Waals surface area contributed by atoms with Crippen LogP contribution in [0.4, 0.5) is 0 Å². The van der Waals surface area contributed by atoms with Gasteiger partial charge < -0.3 is 9.52 Å². The summed E-state index contributed by atoms with van der Waals surface area (Å²) in [6.07, 6.45) is -0.522. The Bertz CT molecular complexity index is 470. The zero-order valence-corrected chi connectivity index (χ0v) is 10.2. The van der Waals surface area contributed by atoms with E-state index in [1.165, 1.54) is 5.56 Å². The molecule has 1 aromatic heterocycles. The smallest absolute Gasteiger partial charge is 0.137 e. The molecular weight excluding hydrogens is 200 g/mol. The summed E-state index contributed by atoms with van der Waals surface area (Å²) in [4.78, 5) is 0. The third kappa shape index (κ3) is 1.74. The van der Waals surface area contributed by atoms with Gasteiger partial charge in [0.2, 0.25) is 0 Å². The van der Waals surface area contributed by atoms with Gasteiger partial charge in [-0.15, -0.1) is 0 Å². The molecule has 1 N–H and O–H groups in total. The van der Waals surface area contributed by atoms with E-state index in [1.54, 1.807) is 0 Å². The lowest BCUT2D eigenvalue weighted by Crippen LogP contribution is -2.03. The number of benzene rings is 1. The minimum Gasteiger partial charge on any atom is -0.458 e. The summed E-state index contributed by atoms with van der Waals surface area (Å²) >= 11 is 0. The van der Waals surface area contributed by atoms with Gasteiger partial charge in [0.15, 0.2) is 0 Å². The van der Waals surface area contributed by atoms with Crippen molar-refractivity contribution >= 4 is 11.0 Å². The lowest BCUT2D eigenvalue weighted by Gasteiger charge is -2.10. The number of hydrogen-bond acceptors (Lipinski definition) is 2. The lowest BCUT2D eigenvalue weighted by atomic mass is 10.0. The van der Waals surface area contributed by atoms with Crippen LogP contribution in [-0.4, -0.2) is 5.11 Å². The zero-order valence-electron chi connectivity index (χ0n) is 10.2. The molecule has 1 heterocycles. The molecule has 0 saturated heterocycles. The second-order valence-corrected chi connectivity index (χ2v) is 4.78. The molecule has 2 heteroatoms. The molecule has 2 nitrogen and oxygen atoms in total. The minimum absolute atomic E-state index is 0.168. The van der Waals surface area contributed by atoms with Crippen molar-refractivity contribution < 1.29 is 9.52 Å². The van der Waals surface area contributed by atoms with Crippen LogP contribution in [0.1, 0.15) is 36.8 Å². The normalized spacial score (nSPS) is 13.6. The van der Waals surface area contributed by atoms with Gasteiger partial charge >= 0.3 is 0 Å². The topological polar surface area (TPSA) is 33.4 Å². The van der Waals surface area contributed by atoms with E-state index in [0.29, 0.717) is 5.76 Å². The van der Waals surface area contributed by atoms with Crippen LogP contribution in [0.3, 0.4) is 0 Å². The molecular formula is C14H18O2. The highest BCUT2D eigenvalue weighted by atomic mass is 16.4. The Morgan fingerprint density at radius 3 is 2.31 bits per heavy atom. The van der Waals surface area contributed by atoms with Gasteiger partial charge in [-0.2, -0.15) is 0 Å². The summed E-state index contributed by atoms with van der Waals surface area (Å²) < 4.78 is 5.75. The highest BCUT2D eigenvalue weighted by Crippen LogP contribution is 2.31. The van der Waals surface area contributed by atoms with Crippen LogP contribution in [0.5, 0.6) is 0 Å². The number of aliphatic hydroxyl groups is 1. The van der Waals surface area contributed by atoms with Crippen LogP contribution in [0.2, 0.25) is 0 Å². The minimum atomic E-state index is -0.522. The van der Waals surface area contributed by atoms with Crippen LogP contribution in [-0.2, 0) is 0 Å². The van der Waals surface area contributed by atoms with E-state index in [0.717, 1.165) is 16.5 Å². The molecule has 0 saturated carbocycles. The number of aliphatic hydroxyl groups excluding tert-OH is 1. The molecule has 0 bridgehead atoms. The Balaban J connectivity index is 2.60. The van der Waals surface area contributed by atoms with Crippen molar-refractivity contribution in [2.75, 3.05) is 0 Å². The Kier molecular flexibility index (Phi) is 2.76. The number of hydrogen-bond donors (Lipinski definition) is 1. The fraction of sp³-hybridized carbons (Fsp3) is 0.429. The molecule has 1 atom stereocenters. The SMILES string of the molecule is Cc1ccc(C)c2oc(C(O)C(C)C)cc12. The average Bonchev–Trinajstić information content (AvgIpc) is 2.68. The fourth-order valence-corrected chi connectivity index (χ4v) is 1.89. The molecule has 0 fully saturated rings. The van der Waals surface area contributed by atoms with Crippen molar-refractivity contribution in [1.29, 1.82) is 0 Å². The van der Waals surface area contributed by atoms with Gasteiger partial charge in [0.05, 0.1) is 0 Å². The maximum absolute atomic E-state index is 9.99. The molecule has 0 aliphatic rings. The summed E-state index contributed by atoms with van der Waals surface area (Å²) in [6.45, 7) is 8.05. The molecule has 2 rings (SSSR count). The van der Waals surface area contributed by atoms with Gasteiger partial charge in [0.25, 0.3) is 0 Å². The predicted molar refractivity (Wildman–Crippen MR) is 65.5 cm³/mol. The molecule has 2 aromatic rings. The van der Waals surface area contributed by atoms with Gasteiger partial charge in [-0.25, -0.2) is 0 Å². The molecule has 0 amide bonds. The van der Waals surface area contributed by atoms with E-state index in [-0.39, 0.29) is 5.92 Å². The molecule has 0 radical (unpaired) electrons. The maximum atomic E-state index is 9.99. The molecule has 1 unspecified atom stereocenters. The second kappa shape index (κ2) is 3.95. The standard InChI is InChI=1S/C14H18O2/c1-8(2)13(15)12-7-11-9(3)5-6-10(4)14(11)16-12/h5-8,13,15H,1-4H3. The summed E-state index contributed by atoms with van der Waals surface area (Å²) in [7, 11) is 0. The summed E-state index contributed by atoms with van der Waals surface area (Å²) in [5.41, 5.74) is 3.20. The van der Waals surface area contributed by atoms with E-state index < -0.39 is 6.10 Å². The highest BCUT2D eigenvalue weighted by molar-refractivity contribution is 5.84. The van der Waals surface area contributed by atoms with E-state index in [2.05, 4.69) is 13.0 Å². The van der Waals surface area contributed by atoms with E-state index >= 15 is 0 Å². The molecule has 0 spiro atoms. The zero-order chi connectivity index (χ0) is 11.9. The highest BCUT2D eigenvalue weighted by Gasteiger charge is 2.18. The Morgan fingerprint density at radius 2 is 1.75 bits per heavy atom. The molecule has 1 aromatic carbocycles. The molecule has 86 valence electrons. The Morgan fingerprint density at radius 1 is 1.12 bits per heavy atom. The quantitative estimate of drug-likeness (QED) is 0.833. The fourth-order valence-electron chi connectivity index (χ4n) is 1.89. The molecule has 16 heavy (non-hydrogen) atoms. The first kappa shape index (κ1) is 11.2. The largest absolute Gasteiger partial charge is 0.458 e. The van der Waals surface area contributed by atoms with Gasteiger partial charge in [-0.3, -0.25) is 0 Å². The lowest BCUT2D eigenvalue weighted by molar-refractivity contribution is 0.104. The van der Waals surface area contributed by atoms with Gasteiger partial charge in [-0.05, 0) is 37.0 Å². The van der Waals surface area contributed by atoms with Crippen molar-refractivity contribution in [3.63, 3.8) is 0 Å². The predicted octanol–water partition coefficient (Wildman–Crippen LogP) is 3.74. The van der Waals surface area contributed by atoms with Crippen LogP contribution in [0, 0.1) is 19.8 Å².